The van der Waals surface area contributed by atoms with Crippen molar-refractivity contribution < 1.29 is 9.53 Å². The molecule has 1 aromatic carbocycles. The molecule has 8 heteroatoms. The highest BCUT2D eigenvalue weighted by atomic mass is 35.5. The van der Waals surface area contributed by atoms with Gasteiger partial charge in [0, 0.05) is 23.7 Å². The molecule has 7 nitrogen and oxygen atoms in total. The van der Waals surface area contributed by atoms with Crippen LogP contribution in [0.25, 0.3) is 0 Å². The van der Waals surface area contributed by atoms with Crippen LogP contribution in [0.4, 0.5) is 11.9 Å². The van der Waals surface area contributed by atoms with E-state index in [1.165, 1.54) is 0 Å². The Bertz CT molecular complexity index is 649. The number of halogens is 1. The number of aromatic nitrogens is 3. The van der Waals surface area contributed by atoms with E-state index in [9.17, 15) is 4.79 Å². The monoisotopic (exact) mass is 307 g/mol. The minimum atomic E-state index is -0.337. The van der Waals surface area contributed by atoms with Crippen molar-refractivity contribution in [2.75, 3.05) is 36.9 Å². The number of hydrogen-bond donors (Lipinski definition) is 1. The average molecular weight is 308 g/mol. The molecular formula is C13H14ClN5O2. The first-order valence-corrected chi connectivity index (χ1v) is 6.88. The lowest BCUT2D eigenvalue weighted by Crippen LogP contribution is -2.37. The number of nitrogens with two attached hydrogens (primary N) is 1. The smallest absolute Gasteiger partial charge is 0.281 e. The molecule has 0 aliphatic carbocycles. The second-order valence-electron chi connectivity index (χ2n) is 4.59. The van der Waals surface area contributed by atoms with Crippen LogP contribution in [0.1, 0.15) is 10.4 Å². The van der Waals surface area contributed by atoms with Gasteiger partial charge in [0.25, 0.3) is 5.91 Å². The predicted molar refractivity (Wildman–Crippen MR) is 78.6 cm³/mol. The quantitative estimate of drug-likeness (QED) is 0.892. The Hall–Kier alpha value is -2.12. The summed E-state index contributed by atoms with van der Waals surface area (Å²) >= 11 is 5.81. The predicted octanol–water partition coefficient (Wildman–Crippen LogP) is 1.04. The van der Waals surface area contributed by atoms with Gasteiger partial charge in [0.2, 0.25) is 11.9 Å². The first kappa shape index (κ1) is 13.8. The van der Waals surface area contributed by atoms with E-state index in [4.69, 9.17) is 22.1 Å². The van der Waals surface area contributed by atoms with Crippen LogP contribution in [-0.2, 0) is 4.74 Å². The minimum absolute atomic E-state index is 0.0661. The lowest BCUT2D eigenvalue weighted by Gasteiger charge is -2.25. The molecule has 0 spiro atoms. The summed E-state index contributed by atoms with van der Waals surface area (Å²) in [7, 11) is 0. The van der Waals surface area contributed by atoms with Gasteiger partial charge in [0.15, 0.2) is 0 Å². The summed E-state index contributed by atoms with van der Waals surface area (Å²) < 4.78 is 6.38. The third-order valence-corrected chi connectivity index (χ3v) is 3.45. The van der Waals surface area contributed by atoms with Gasteiger partial charge >= 0.3 is 0 Å². The van der Waals surface area contributed by atoms with Crippen LogP contribution in [0.2, 0.25) is 5.02 Å². The summed E-state index contributed by atoms with van der Waals surface area (Å²) in [4.78, 5) is 18.5. The van der Waals surface area contributed by atoms with Gasteiger partial charge in [-0.05, 0) is 24.3 Å². The Morgan fingerprint density at radius 1 is 1.24 bits per heavy atom. The van der Waals surface area contributed by atoms with Gasteiger partial charge in [-0.1, -0.05) is 11.6 Å². The van der Waals surface area contributed by atoms with E-state index in [0.29, 0.717) is 42.8 Å². The Balaban J connectivity index is 1.86. The number of hydrogen-bond acceptors (Lipinski definition) is 6. The maximum atomic E-state index is 12.4. The molecule has 1 fully saturated rings. The number of rotatable bonds is 2. The van der Waals surface area contributed by atoms with Crippen molar-refractivity contribution in [3.8, 4) is 0 Å². The number of benzene rings is 1. The molecule has 0 bridgehead atoms. The van der Waals surface area contributed by atoms with Crippen LogP contribution < -0.4 is 10.6 Å². The minimum Gasteiger partial charge on any atom is -0.378 e. The third-order valence-electron chi connectivity index (χ3n) is 3.20. The molecule has 1 aliphatic rings. The van der Waals surface area contributed by atoms with Gasteiger partial charge in [-0.15, -0.1) is 5.10 Å². The second kappa shape index (κ2) is 5.71. The Morgan fingerprint density at radius 3 is 2.57 bits per heavy atom. The zero-order valence-corrected chi connectivity index (χ0v) is 12.0. The van der Waals surface area contributed by atoms with Crippen LogP contribution in [0.3, 0.4) is 0 Å². The molecule has 0 radical (unpaired) electrons. The molecule has 0 atom stereocenters. The second-order valence-corrected chi connectivity index (χ2v) is 5.03. The fraction of sp³-hybridized carbons (Fsp3) is 0.308. The summed E-state index contributed by atoms with van der Waals surface area (Å²) in [6.07, 6.45) is 0. The van der Waals surface area contributed by atoms with Crippen molar-refractivity contribution in [3.05, 3.63) is 34.9 Å². The van der Waals surface area contributed by atoms with Crippen LogP contribution in [0.5, 0.6) is 0 Å². The van der Waals surface area contributed by atoms with Crippen molar-refractivity contribution >= 4 is 29.4 Å². The zero-order chi connectivity index (χ0) is 14.8. The van der Waals surface area contributed by atoms with E-state index in [1.54, 1.807) is 24.3 Å². The Morgan fingerprint density at radius 2 is 1.90 bits per heavy atom. The molecule has 3 rings (SSSR count). The highest BCUT2D eigenvalue weighted by molar-refractivity contribution is 6.30. The Kier molecular flexibility index (Phi) is 3.76. The van der Waals surface area contributed by atoms with Crippen molar-refractivity contribution in [2.24, 2.45) is 0 Å². The van der Waals surface area contributed by atoms with Crippen molar-refractivity contribution in [1.29, 1.82) is 0 Å². The SMILES string of the molecule is Nc1nc(N2CCOCC2)nn1C(=O)c1ccc(Cl)cc1. The molecule has 2 heterocycles. The van der Waals surface area contributed by atoms with Crippen LogP contribution in [0.15, 0.2) is 24.3 Å². The highest BCUT2D eigenvalue weighted by Crippen LogP contribution is 2.16. The highest BCUT2D eigenvalue weighted by Gasteiger charge is 2.20. The molecule has 2 aromatic rings. The number of nitrogens with zero attached hydrogens (tertiary/aromatic N) is 4. The van der Waals surface area contributed by atoms with Gasteiger partial charge in [-0.3, -0.25) is 4.79 Å². The maximum Gasteiger partial charge on any atom is 0.281 e. The fourth-order valence-corrected chi connectivity index (χ4v) is 2.20. The molecule has 21 heavy (non-hydrogen) atoms. The van der Waals surface area contributed by atoms with E-state index in [1.807, 2.05) is 4.90 Å². The molecule has 1 saturated heterocycles. The molecule has 2 N–H and O–H groups in total. The van der Waals surface area contributed by atoms with Crippen LogP contribution >= 0.6 is 11.6 Å². The van der Waals surface area contributed by atoms with Gasteiger partial charge in [-0.25, -0.2) is 0 Å². The first-order valence-electron chi connectivity index (χ1n) is 6.50. The van der Waals surface area contributed by atoms with Gasteiger partial charge in [0.05, 0.1) is 13.2 Å². The number of anilines is 2. The largest absolute Gasteiger partial charge is 0.378 e. The summed E-state index contributed by atoms with van der Waals surface area (Å²) in [6.45, 7) is 2.58. The summed E-state index contributed by atoms with van der Waals surface area (Å²) in [6, 6.07) is 6.54. The number of carbonyl (C=O) groups excluding carboxylic acids is 1. The average Bonchev–Trinajstić information content (AvgIpc) is 2.90. The van der Waals surface area contributed by atoms with Gasteiger partial charge in [0.1, 0.15) is 0 Å². The number of carbonyl (C=O) groups is 1. The fourth-order valence-electron chi connectivity index (χ4n) is 2.07. The molecule has 0 unspecified atom stereocenters. The van der Waals surface area contributed by atoms with Crippen molar-refractivity contribution in [3.63, 3.8) is 0 Å². The van der Waals surface area contributed by atoms with Gasteiger partial charge in [-0.2, -0.15) is 9.67 Å². The van der Waals surface area contributed by atoms with E-state index in [-0.39, 0.29) is 11.9 Å². The first-order chi connectivity index (χ1) is 10.1. The maximum absolute atomic E-state index is 12.4. The third kappa shape index (κ3) is 2.84. The van der Waals surface area contributed by atoms with Crippen LogP contribution in [-0.4, -0.2) is 47.0 Å². The van der Waals surface area contributed by atoms with Gasteiger partial charge < -0.3 is 15.4 Å². The van der Waals surface area contributed by atoms with E-state index < -0.39 is 0 Å². The summed E-state index contributed by atoms with van der Waals surface area (Å²) in [5, 5.41) is 4.76. The zero-order valence-electron chi connectivity index (χ0n) is 11.2. The van der Waals surface area contributed by atoms with Crippen molar-refractivity contribution in [2.45, 2.75) is 0 Å². The number of ether oxygens (including phenoxy) is 1. The number of morpholine rings is 1. The molecule has 1 aliphatic heterocycles. The standard InChI is InChI=1S/C13H14ClN5O2/c14-10-3-1-9(2-4-10)11(20)19-12(15)16-13(17-19)18-5-7-21-8-6-18/h1-4H,5-8H2,(H2,15,16,17). The topological polar surface area (TPSA) is 86.3 Å². The lowest BCUT2D eigenvalue weighted by molar-refractivity contribution is 0.0947. The van der Waals surface area contributed by atoms with E-state index >= 15 is 0 Å². The molecule has 110 valence electrons. The summed E-state index contributed by atoms with van der Waals surface area (Å²) in [5.74, 6) is 0.172. The molecule has 0 amide bonds. The Labute approximate surface area is 126 Å². The van der Waals surface area contributed by atoms with E-state index in [0.717, 1.165) is 4.68 Å². The van der Waals surface area contributed by atoms with E-state index in [2.05, 4.69) is 10.1 Å². The lowest BCUT2D eigenvalue weighted by atomic mass is 10.2. The normalized spacial score (nSPS) is 15.2. The molecular weight excluding hydrogens is 294 g/mol. The van der Waals surface area contributed by atoms with Crippen LogP contribution in [0, 0.1) is 0 Å². The number of nitrogen functional groups attached to an aromatic ring is 1. The van der Waals surface area contributed by atoms with Crippen molar-refractivity contribution in [1.82, 2.24) is 14.8 Å². The molecule has 0 saturated carbocycles. The summed E-state index contributed by atoms with van der Waals surface area (Å²) in [5.41, 5.74) is 6.25. The molecule has 1 aromatic heterocycles.